The third-order valence-corrected chi connectivity index (χ3v) is 3.87. The van der Waals surface area contributed by atoms with Crippen LogP contribution in [0.5, 0.6) is 0 Å². The zero-order valence-electron chi connectivity index (χ0n) is 9.34. The largest absolute Gasteiger partial charge is 0.480 e. The Morgan fingerprint density at radius 1 is 1.69 bits per heavy atom. The second kappa shape index (κ2) is 6.88. The molecule has 0 amide bonds. The molecule has 1 unspecified atom stereocenters. The van der Waals surface area contributed by atoms with E-state index in [2.05, 4.69) is 10.3 Å². The molecule has 0 aliphatic carbocycles. The molecule has 1 heterocycles. The van der Waals surface area contributed by atoms with E-state index in [4.69, 9.17) is 5.11 Å². The molecule has 6 heteroatoms. The number of hydrogen-bond acceptors (Lipinski definition) is 5. The molecule has 1 aromatic heterocycles. The third kappa shape index (κ3) is 4.96. The standard InChI is InChI=1S/C10H16N2O2S2/c1-7(2)12-8(9(13)14)3-5-15-10-11-4-6-16-10/h4,6-8,12H,3,5H2,1-2H3,(H,13,14). The average molecular weight is 260 g/mol. The second-order valence-corrected chi connectivity index (χ2v) is 5.88. The van der Waals surface area contributed by atoms with Crippen molar-refractivity contribution in [1.82, 2.24) is 10.3 Å². The lowest BCUT2D eigenvalue weighted by Gasteiger charge is -2.16. The molecule has 0 radical (unpaired) electrons. The summed E-state index contributed by atoms with van der Waals surface area (Å²) in [6, 6.07) is -0.279. The first-order valence-corrected chi connectivity index (χ1v) is 6.97. The first-order valence-electron chi connectivity index (χ1n) is 5.10. The number of carbonyl (C=O) groups is 1. The zero-order chi connectivity index (χ0) is 12.0. The number of carboxylic acids is 1. The van der Waals surface area contributed by atoms with Gasteiger partial charge >= 0.3 is 5.97 Å². The van der Waals surface area contributed by atoms with Crippen molar-refractivity contribution in [3.8, 4) is 0 Å². The SMILES string of the molecule is CC(C)NC(CCSc1nccs1)C(=O)O. The molecule has 1 rings (SSSR count). The molecular weight excluding hydrogens is 244 g/mol. The maximum Gasteiger partial charge on any atom is 0.320 e. The van der Waals surface area contributed by atoms with E-state index in [1.54, 1.807) is 29.3 Å². The maximum atomic E-state index is 10.9. The number of aliphatic carboxylic acids is 1. The van der Waals surface area contributed by atoms with E-state index < -0.39 is 12.0 Å². The highest BCUT2D eigenvalue weighted by Gasteiger charge is 2.17. The first kappa shape index (κ1) is 13.5. The Morgan fingerprint density at radius 3 is 2.94 bits per heavy atom. The fraction of sp³-hybridized carbons (Fsp3) is 0.600. The van der Waals surface area contributed by atoms with Crippen LogP contribution >= 0.6 is 23.1 Å². The Bertz CT molecular complexity index is 315. The van der Waals surface area contributed by atoms with E-state index >= 15 is 0 Å². The van der Waals surface area contributed by atoms with Gasteiger partial charge in [0.1, 0.15) is 10.4 Å². The first-order chi connectivity index (χ1) is 7.59. The van der Waals surface area contributed by atoms with Gasteiger partial charge in [-0.05, 0) is 6.42 Å². The lowest BCUT2D eigenvalue weighted by Crippen LogP contribution is -2.41. The summed E-state index contributed by atoms with van der Waals surface area (Å²) < 4.78 is 0.994. The van der Waals surface area contributed by atoms with Gasteiger partial charge in [-0.25, -0.2) is 4.98 Å². The van der Waals surface area contributed by atoms with Crippen LogP contribution in [-0.2, 0) is 4.79 Å². The Morgan fingerprint density at radius 2 is 2.44 bits per heavy atom. The zero-order valence-corrected chi connectivity index (χ0v) is 11.0. The van der Waals surface area contributed by atoms with E-state index in [1.807, 2.05) is 19.2 Å². The van der Waals surface area contributed by atoms with Crippen molar-refractivity contribution in [2.24, 2.45) is 0 Å². The van der Waals surface area contributed by atoms with Gasteiger partial charge in [0.25, 0.3) is 0 Å². The normalized spacial score (nSPS) is 12.9. The second-order valence-electron chi connectivity index (χ2n) is 3.65. The summed E-state index contributed by atoms with van der Waals surface area (Å²) in [6.45, 7) is 3.90. The van der Waals surface area contributed by atoms with Crippen LogP contribution in [0, 0.1) is 0 Å². The minimum atomic E-state index is -0.784. The van der Waals surface area contributed by atoms with Gasteiger partial charge in [-0.3, -0.25) is 4.79 Å². The molecule has 0 aliphatic heterocycles. The molecule has 0 fully saturated rings. The highest BCUT2D eigenvalue weighted by molar-refractivity contribution is 8.00. The molecule has 0 saturated heterocycles. The summed E-state index contributed by atoms with van der Waals surface area (Å²) in [4.78, 5) is 15.1. The summed E-state index contributed by atoms with van der Waals surface area (Å²) in [5.41, 5.74) is 0. The predicted octanol–water partition coefficient (Wildman–Crippen LogP) is 2.08. The minimum Gasteiger partial charge on any atom is -0.480 e. The number of nitrogens with one attached hydrogen (secondary N) is 1. The summed E-state index contributed by atoms with van der Waals surface area (Å²) in [5.74, 6) is -0.0158. The van der Waals surface area contributed by atoms with Gasteiger partial charge < -0.3 is 10.4 Å². The monoisotopic (exact) mass is 260 g/mol. The molecule has 0 bridgehead atoms. The van der Waals surface area contributed by atoms with Gasteiger partial charge in [0.2, 0.25) is 0 Å². The molecular formula is C10H16N2O2S2. The van der Waals surface area contributed by atoms with E-state index in [1.165, 1.54) is 0 Å². The lowest BCUT2D eigenvalue weighted by molar-refractivity contribution is -0.139. The number of carboxylic acid groups (broad SMARTS) is 1. The third-order valence-electron chi connectivity index (χ3n) is 1.87. The van der Waals surface area contributed by atoms with Crippen molar-refractivity contribution in [3.63, 3.8) is 0 Å². The summed E-state index contributed by atoms with van der Waals surface area (Å²) in [7, 11) is 0. The molecule has 1 atom stereocenters. The van der Waals surface area contributed by atoms with Crippen LogP contribution < -0.4 is 5.32 Å². The lowest BCUT2D eigenvalue weighted by atomic mass is 10.2. The summed E-state index contributed by atoms with van der Waals surface area (Å²) in [5, 5.41) is 13.9. The van der Waals surface area contributed by atoms with Crippen molar-refractivity contribution in [3.05, 3.63) is 11.6 Å². The molecule has 0 aromatic carbocycles. The Hall–Kier alpha value is -0.590. The topological polar surface area (TPSA) is 62.2 Å². The molecule has 1 aromatic rings. The van der Waals surface area contributed by atoms with Crippen LogP contribution in [0.2, 0.25) is 0 Å². The van der Waals surface area contributed by atoms with Gasteiger partial charge in [-0.2, -0.15) is 0 Å². The van der Waals surface area contributed by atoms with E-state index in [9.17, 15) is 4.79 Å². The number of thioether (sulfide) groups is 1. The van der Waals surface area contributed by atoms with Crippen LogP contribution in [0.15, 0.2) is 15.9 Å². The smallest absolute Gasteiger partial charge is 0.320 e. The van der Waals surface area contributed by atoms with Crippen LogP contribution in [0.25, 0.3) is 0 Å². The predicted molar refractivity (Wildman–Crippen MR) is 67.2 cm³/mol. The van der Waals surface area contributed by atoms with Crippen LogP contribution in [-0.4, -0.2) is 33.9 Å². The number of aromatic nitrogens is 1. The fourth-order valence-electron chi connectivity index (χ4n) is 1.23. The van der Waals surface area contributed by atoms with Crippen molar-refractivity contribution < 1.29 is 9.90 Å². The minimum absolute atomic E-state index is 0.186. The number of nitrogens with zero attached hydrogens (tertiary/aromatic N) is 1. The molecule has 0 spiro atoms. The van der Waals surface area contributed by atoms with E-state index in [-0.39, 0.29) is 6.04 Å². The van der Waals surface area contributed by atoms with Crippen molar-refractivity contribution in [2.45, 2.75) is 36.7 Å². The molecule has 90 valence electrons. The molecule has 0 aliphatic rings. The number of rotatable bonds is 7. The van der Waals surface area contributed by atoms with Gasteiger partial charge in [0.05, 0.1) is 0 Å². The van der Waals surface area contributed by atoms with Crippen molar-refractivity contribution in [1.29, 1.82) is 0 Å². The van der Waals surface area contributed by atoms with E-state index in [0.29, 0.717) is 6.42 Å². The van der Waals surface area contributed by atoms with Gasteiger partial charge in [0.15, 0.2) is 0 Å². The molecule has 0 saturated carbocycles. The summed E-state index contributed by atoms with van der Waals surface area (Å²) >= 11 is 3.18. The molecule has 4 nitrogen and oxygen atoms in total. The molecule has 2 N–H and O–H groups in total. The van der Waals surface area contributed by atoms with Crippen molar-refractivity contribution in [2.75, 3.05) is 5.75 Å². The van der Waals surface area contributed by atoms with E-state index in [0.717, 1.165) is 10.1 Å². The quantitative estimate of drug-likeness (QED) is 0.735. The Kier molecular flexibility index (Phi) is 5.79. The number of thiazole rings is 1. The Balaban J connectivity index is 2.30. The van der Waals surface area contributed by atoms with Gasteiger partial charge in [0, 0.05) is 23.4 Å². The van der Waals surface area contributed by atoms with Gasteiger partial charge in [-0.1, -0.05) is 25.6 Å². The fourth-order valence-corrected chi connectivity index (χ4v) is 2.94. The Labute approximate surface area is 103 Å². The van der Waals surface area contributed by atoms with Gasteiger partial charge in [-0.15, -0.1) is 11.3 Å². The highest BCUT2D eigenvalue weighted by Crippen LogP contribution is 2.21. The molecule has 16 heavy (non-hydrogen) atoms. The van der Waals surface area contributed by atoms with Crippen LogP contribution in [0.3, 0.4) is 0 Å². The number of hydrogen-bond donors (Lipinski definition) is 2. The van der Waals surface area contributed by atoms with Crippen LogP contribution in [0.1, 0.15) is 20.3 Å². The average Bonchev–Trinajstić information content (AvgIpc) is 2.68. The van der Waals surface area contributed by atoms with Crippen LogP contribution in [0.4, 0.5) is 0 Å². The maximum absolute atomic E-state index is 10.9. The summed E-state index contributed by atoms with van der Waals surface area (Å²) in [6.07, 6.45) is 2.37. The highest BCUT2D eigenvalue weighted by atomic mass is 32.2. The van der Waals surface area contributed by atoms with Crippen molar-refractivity contribution >= 4 is 29.1 Å².